The van der Waals surface area contributed by atoms with Gasteiger partial charge in [0, 0.05) is 25.3 Å². The first kappa shape index (κ1) is 19.6. The van der Waals surface area contributed by atoms with Gasteiger partial charge in [-0.15, -0.1) is 0 Å². The Hall–Kier alpha value is -1.44. The van der Waals surface area contributed by atoms with Gasteiger partial charge < -0.3 is 9.64 Å². The molecule has 1 amide bonds. The second-order valence-corrected chi connectivity index (χ2v) is 7.08. The van der Waals surface area contributed by atoms with Gasteiger partial charge in [-0.3, -0.25) is 4.79 Å². The van der Waals surface area contributed by atoms with Gasteiger partial charge in [0.05, 0.1) is 11.5 Å². The van der Waals surface area contributed by atoms with Crippen molar-refractivity contribution in [1.82, 2.24) is 9.62 Å². The number of hydrogen-bond acceptors (Lipinski definition) is 4. The zero-order chi connectivity index (χ0) is 17.5. The van der Waals surface area contributed by atoms with E-state index in [1.165, 1.54) is 19.2 Å². The molecule has 0 aliphatic carbocycles. The number of hydrogen-bond donors (Lipinski definition) is 1. The number of nitrogens with one attached hydrogen (secondary N) is 1. The van der Waals surface area contributed by atoms with Crippen molar-refractivity contribution in [3.63, 3.8) is 0 Å². The van der Waals surface area contributed by atoms with Crippen LogP contribution in [0.4, 0.5) is 0 Å². The number of amides is 1. The van der Waals surface area contributed by atoms with Gasteiger partial charge in [0.2, 0.25) is 10.0 Å². The van der Waals surface area contributed by atoms with E-state index in [-0.39, 0.29) is 16.8 Å². The van der Waals surface area contributed by atoms with Crippen molar-refractivity contribution in [2.24, 2.45) is 0 Å². The predicted molar refractivity (Wildman–Crippen MR) is 90.0 cm³/mol. The smallest absolute Gasteiger partial charge is 0.254 e. The van der Waals surface area contributed by atoms with Gasteiger partial charge in [0.1, 0.15) is 0 Å². The molecular weight excluding hydrogens is 316 g/mol. The van der Waals surface area contributed by atoms with Crippen LogP contribution >= 0.6 is 0 Å². The third-order valence-electron chi connectivity index (χ3n) is 3.86. The summed E-state index contributed by atoms with van der Waals surface area (Å²) < 4.78 is 30.8. The van der Waals surface area contributed by atoms with E-state index in [2.05, 4.69) is 4.72 Å². The van der Waals surface area contributed by atoms with Crippen LogP contribution < -0.4 is 4.72 Å². The Morgan fingerprint density at radius 2 is 1.78 bits per heavy atom. The van der Waals surface area contributed by atoms with Gasteiger partial charge >= 0.3 is 0 Å². The fraction of sp³-hybridized carbons (Fsp3) is 0.562. The minimum atomic E-state index is -3.50. The highest BCUT2D eigenvalue weighted by atomic mass is 32.2. The van der Waals surface area contributed by atoms with E-state index in [1.54, 1.807) is 24.1 Å². The van der Waals surface area contributed by atoms with Crippen LogP contribution in [0.2, 0.25) is 0 Å². The normalized spacial score (nSPS) is 11.7. The molecule has 0 bridgehead atoms. The van der Waals surface area contributed by atoms with Crippen LogP contribution in [0.5, 0.6) is 0 Å². The molecule has 0 fully saturated rings. The molecule has 130 valence electrons. The van der Waals surface area contributed by atoms with Crippen molar-refractivity contribution in [3.05, 3.63) is 29.8 Å². The second kappa shape index (κ2) is 9.00. The largest absolute Gasteiger partial charge is 0.383 e. The van der Waals surface area contributed by atoms with Crippen LogP contribution in [0.25, 0.3) is 0 Å². The lowest BCUT2D eigenvalue weighted by Gasteiger charge is -2.30. The SMILES string of the molecule is CCC(CC)N(CCOC)C(=O)c1ccc(S(=O)(=O)NC)cc1. The summed E-state index contributed by atoms with van der Waals surface area (Å²) in [6.07, 6.45) is 1.72. The van der Waals surface area contributed by atoms with Gasteiger partial charge in [-0.05, 0) is 44.2 Å². The highest BCUT2D eigenvalue weighted by molar-refractivity contribution is 7.89. The maximum Gasteiger partial charge on any atom is 0.254 e. The molecule has 0 aliphatic rings. The number of ether oxygens (including phenoxy) is 1. The van der Waals surface area contributed by atoms with E-state index in [0.29, 0.717) is 18.7 Å². The molecule has 1 rings (SSSR count). The lowest BCUT2D eigenvalue weighted by atomic mass is 10.1. The van der Waals surface area contributed by atoms with Crippen LogP contribution in [0.3, 0.4) is 0 Å². The number of benzene rings is 1. The van der Waals surface area contributed by atoms with Gasteiger partial charge in [-0.1, -0.05) is 13.8 Å². The molecule has 0 saturated carbocycles. The maximum absolute atomic E-state index is 12.7. The molecule has 1 aromatic rings. The summed E-state index contributed by atoms with van der Waals surface area (Å²) in [7, 11) is -0.536. The van der Waals surface area contributed by atoms with Crippen molar-refractivity contribution in [2.45, 2.75) is 37.6 Å². The van der Waals surface area contributed by atoms with E-state index >= 15 is 0 Å². The molecule has 0 unspecified atom stereocenters. The molecule has 0 aromatic heterocycles. The fourth-order valence-electron chi connectivity index (χ4n) is 2.43. The lowest BCUT2D eigenvalue weighted by molar-refractivity contribution is 0.0589. The summed E-state index contributed by atoms with van der Waals surface area (Å²) in [6.45, 7) is 5.07. The monoisotopic (exact) mass is 342 g/mol. The molecule has 6 nitrogen and oxygen atoms in total. The van der Waals surface area contributed by atoms with Gasteiger partial charge in [0.25, 0.3) is 5.91 Å². The highest BCUT2D eigenvalue weighted by Crippen LogP contribution is 2.16. The summed E-state index contributed by atoms with van der Waals surface area (Å²) in [4.78, 5) is 14.7. The summed E-state index contributed by atoms with van der Waals surface area (Å²) in [5.74, 6) is -0.107. The predicted octanol–water partition coefficient (Wildman–Crippen LogP) is 1.87. The summed E-state index contributed by atoms with van der Waals surface area (Å²) in [6, 6.07) is 6.13. The third kappa shape index (κ3) is 5.02. The first-order chi connectivity index (χ1) is 10.9. The van der Waals surface area contributed by atoms with Gasteiger partial charge in [-0.25, -0.2) is 13.1 Å². The number of carbonyl (C=O) groups is 1. The number of methoxy groups -OCH3 is 1. The topological polar surface area (TPSA) is 75.7 Å². The minimum Gasteiger partial charge on any atom is -0.383 e. The molecule has 23 heavy (non-hydrogen) atoms. The molecule has 0 aliphatic heterocycles. The Bertz CT molecular complexity index is 595. The average molecular weight is 342 g/mol. The Morgan fingerprint density at radius 3 is 2.22 bits per heavy atom. The lowest BCUT2D eigenvalue weighted by Crippen LogP contribution is -2.41. The number of sulfonamides is 1. The maximum atomic E-state index is 12.7. The van der Waals surface area contributed by atoms with Crippen molar-refractivity contribution < 1.29 is 17.9 Å². The van der Waals surface area contributed by atoms with E-state index in [1.807, 2.05) is 13.8 Å². The first-order valence-electron chi connectivity index (χ1n) is 7.74. The highest BCUT2D eigenvalue weighted by Gasteiger charge is 2.22. The molecular formula is C16H26N2O4S. The van der Waals surface area contributed by atoms with Crippen LogP contribution in [0.1, 0.15) is 37.0 Å². The summed E-state index contributed by atoms with van der Waals surface area (Å²) in [5.41, 5.74) is 0.475. The molecule has 1 aromatic carbocycles. The quantitative estimate of drug-likeness (QED) is 0.743. The molecule has 0 heterocycles. The Labute approximate surface area is 138 Å². The Kier molecular flexibility index (Phi) is 7.67. The molecule has 1 N–H and O–H groups in total. The zero-order valence-electron chi connectivity index (χ0n) is 14.2. The summed E-state index contributed by atoms with van der Waals surface area (Å²) >= 11 is 0. The van der Waals surface area contributed by atoms with Crippen LogP contribution in [-0.4, -0.2) is 52.6 Å². The molecule has 0 atom stereocenters. The number of rotatable bonds is 9. The first-order valence-corrected chi connectivity index (χ1v) is 9.23. The van der Waals surface area contributed by atoms with Crippen molar-refractivity contribution >= 4 is 15.9 Å². The Morgan fingerprint density at radius 1 is 1.22 bits per heavy atom. The van der Waals surface area contributed by atoms with Crippen molar-refractivity contribution in [3.8, 4) is 0 Å². The van der Waals surface area contributed by atoms with Crippen LogP contribution in [-0.2, 0) is 14.8 Å². The van der Waals surface area contributed by atoms with E-state index in [4.69, 9.17) is 4.74 Å². The zero-order valence-corrected chi connectivity index (χ0v) is 15.0. The van der Waals surface area contributed by atoms with Crippen molar-refractivity contribution in [2.75, 3.05) is 27.3 Å². The Balaban J connectivity index is 3.04. The molecule has 0 radical (unpaired) electrons. The fourth-order valence-corrected chi connectivity index (χ4v) is 3.16. The average Bonchev–Trinajstić information content (AvgIpc) is 2.58. The van der Waals surface area contributed by atoms with E-state index < -0.39 is 10.0 Å². The molecule has 0 saturated heterocycles. The number of carbonyl (C=O) groups excluding carboxylic acids is 1. The molecule has 7 heteroatoms. The second-order valence-electron chi connectivity index (χ2n) is 5.19. The van der Waals surface area contributed by atoms with E-state index in [9.17, 15) is 13.2 Å². The third-order valence-corrected chi connectivity index (χ3v) is 5.29. The number of nitrogens with zero attached hydrogens (tertiary/aromatic N) is 1. The van der Waals surface area contributed by atoms with Crippen molar-refractivity contribution in [1.29, 1.82) is 0 Å². The minimum absolute atomic E-state index is 0.107. The van der Waals surface area contributed by atoms with Crippen LogP contribution in [0, 0.1) is 0 Å². The van der Waals surface area contributed by atoms with E-state index in [0.717, 1.165) is 12.8 Å². The molecule has 0 spiro atoms. The van der Waals surface area contributed by atoms with Gasteiger partial charge in [0.15, 0.2) is 0 Å². The van der Waals surface area contributed by atoms with Crippen LogP contribution in [0.15, 0.2) is 29.2 Å². The van der Waals surface area contributed by atoms with Gasteiger partial charge in [-0.2, -0.15) is 0 Å². The standard InChI is InChI=1S/C16H26N2O4S/c1-5-14(6-2)18(11-12-22-4)16(19)13-7-9-15(10-8-13)23(20,21)17-3/h7-10,14,17H,5-6,11-12H2,1-4H3. The summed E-state index contributed by atoms with van der Waals surface area (Å²) in [5, 5.41) is 0.